The Morgan fingerprint density at radius 2 is 2.10 bits per heavy atom. The molecular formula is C20H20N4O4S. The van der Waals surface area contributed by atoms with Crippen molar-refractivity contribution in [2.75, 3.05) is 11.9 Å². The second-order valence-corrected chi connectivity index (χ2v) is 7.79. The number of fused-ring (bicyclic) bond motifs is 3. The van der Waals surface area contributed by atoms with Crippen LogP contribution in [0.3, 0.4) is 0 Å². The summed E-state index contributed by atoms with van der Waals surface area (Å²) in [5, 5.41) is 3.15. The Balaban J connectivity index is 1.78. The number of amides is 1. The Morgan fingerprint density at radius 1 is 1.28 bits per heavy atom. The van der Waals surface area contributed by atoms with Gasteiger partial charge in [-0.05, 0) is 50.3 Å². The van der Waals surface area contributed by atoms with Gasteiger partial charge < -0.3 is 10.1 Å². The molecule has 4 rings (SSSR count). The second-order valence-electron chi connectivity index (χ2n) is 6.70. The van der Waals surface area contributed by atoms with Crippen molar-refractivity contribution in [1.82, 2.24) is 14.5 Å². The third-order valence-corrected chi connectivity index (χ3v) is 5.95. The first-order chi connectivity index (χ1) is 14.1. The first-order valence-electron chi connectivity index (χ1n) is 9.51. The predicted molar refractivity (Wildman–Crippen MR) is 109 cm³/mol. The van der Waals surface area contributed by atoms with Gasteiger partial charge in [0.1, 0.15) is 17.2 Å². The van der Waals surface area contributed by atoms with Gasteiger partial charge in [0.05, 0.1) is 12.0 Å². The van der Waals surface area contributed by atoms with E-state index in [1.165, 1.54) is 11.3 Å². The molecule has 0 aromatic carbocycles. The predicted octanol–water partition coefficient (Wildman–Crippen LogP) is 2.55. The van der Waals surface area contributed by atoms with E-state index in [0.717, 1.165) is 40.7 Å². The van der Waals surface area contributed by atoms with Crippen LogP contribution in [0.5, 0.6) is 0 Å². The van der Waals surface area contributed by atoms with Crippen LogP contribution in [0.4, 0.5) is 5.82 Å². The lowest BCUT2D eigenvalue weighted by Gasteiger charge is -2.13. The van der Waals surface area contributed by atoms with Crippen molar-refractivity contribution in [2.45, 2.75) is 39.2 Å². The average molecular weight is 412 g/mol. The third kappa shape index (κ3) is 3.77. The zero-order valence-electron chi connectivity index (χ0n) is 15.9. The first kappa shape index (κ1) is 19.3. The van der Waals surface area contributed by atoms with Gasteiger partial charge in [-0.2, -0.15) is 0 Å². The van der Waals surface area contributed by atoms with Crippen molar-refractivity contribution < 1.29 is 14.3 Å². The van der Waals surface area contributed by atoms with E-state index in [-0.39, 0.29) is 24.5 Å². The number of aromatic nitrogens is 3. The minimum Gasteiger partial charge on any atom is -0.460 e. The number of ether oxygens (including phenoxy) is 1. The van der Waals surface area contributed by atoms with Crippen molar-refractivity contribution in [3.63, 3.8) is 0 Å². The van der Waals surface area contributed by atoms with E-state index in [2.05, 4.69) is 15.3 Å². The maximum Gasteiger partial charge on any atom is 0.374 e. The number of aryl methyl sites for hydroxylation is 2. The molecule has 0 bridgehead atoms. The van der Waals surface area contributed by atoms with Crippen LogP contribution in [0.2, 0.25) is 0 Å². The summed E-state index contributed by atoms with van der Waals surface area (Å²) in [7, 11) is 0. The van der Waals surface area contributed by atoms with Gasteiger partial charge in [-0.3, -0.25) is 14.2 Å². The monoisotopic (exact) mass is 412 g/mol. The molecule has 0 saturated heterocycles. The smallest absolute Gasteiger partial charge is 0.374 e. The Hall–Kier alpha value is -3.07. The zero-order chi connectivity index (χ0) is 20.4. The molecule has 3 aromatic rings. The van der Waals surface area contributed by atoms with Gasteiger partial charge >= 0.3 is 5.97 Å². The van der Waals surface area contributed by atoms with Gasteiger partial charge in [0.15, 0.2) is 0 Å². The summed E-state index contributed by atoms with van der Waals surface area (Å²) in [6.45, 7) is 1.47. The number of carbonyl (C=O) groups is 2. The number of rotatable bonds is 5. The summed E-state index contributed by atoms with van der Waals surface area (Å²) in [6, 6.07) is 5.12. The lowest BCUT2D eigenvalue weighted by Crippen LogP contribution is -2.33. The molecule has 8 nitrogen and oxygen atoms in total. The molecule has 9 heteroatoms. The maximum absolute atomic E-state index is 13.3. The third-order valence-electron chi connectivity index (χ3n) is 4.77. The largest absolute Gasteiger partial charge is 0.460 e. The van der Waals surface area contributed by atoms with E-state index in [9.17, 15) is 14.4 Å². The van der Waals surface area contributed by atoms with E-state index in [1.54, 1.807) is 31.3 Å². The van der Waals surface area contributed by atoms with Crippen LogP contribution in [-0.2, 0) is 28.9 Å². The second kappa shape index (κ2) is 8.12. The van der Waals surface area contributed by atoms with E-state index in [1.807, 2.05) is 0 Å². The topological polar surface area (TPSA) is 103 Å². The fourth-order valence-corrected chi connectivity index (χ4v) is 4.75. The number of hydrogen-bond donors (Lipinski definition) is 1. The number of nitrogens with zero attached hydrogens (tertiary/aromatic N) is 3. The lowest BCUT2D eigenvalue weighted by atomic mass is 9.97. The van der Waals surface area contributed by atoms with Crippen molar-refractivity contribution in [3.8, 4) is 0 Å². The van der Waals surface area contributed by atoms with Crippen molar-refractivity contribution >= 4 is 39.2 Å². The fraction of sp³-hybridized carbons (Fsp3) is 0.350. The number of esters is 1. The fourth-order valence-electron chi connectivity index (χ4n) is 3.50. The lowest BCUT2D eigenvalue weighted by molar-refractivity contribution is -0.116. The SMILES string of the molecule is CCOC(=O)c1nc2sc3c(c2c(=O)n1CC(=O)Nc1ccccn1)CCCC3. The summed E-state index contributed by atoms with van der Waals surface area (Å²) in [4.78, 5) is 48.5. The van der Waals surface area contributed by atoms with Crippen LogP contribution in [0, 0.1) is 0 Å². The van der Waals surface area contributed by atoms with Crippen molar-refractivity contribution in [3.05, 3.63) is 51.0 Å². The average Bonchev–Trinajstić information content (AvgIpc) is 3.09. The molecule has 1 aliphatic carbocycles. The highest BCUT2D eigenvalue weighted by Gasteiger charge is 2.26. The molecule has 1 aliphatic rings. The molecular weight excluding hydrogens is 392 g/mol. The molecule has 1 amide bonds. The van der Waals surface area contributed by atoms with E-state index in [4.69, 9.17) is 4.74 Å². The molecule has 3 aromatic heterocycles. The van der Waals surface area contributed by atoms with Gasteiger partial charge in [0.25, 0.3) is 5.56 Å². The molecule has 29 heavy (non-hydrogen) atoms. The standard InChI is InChI=1S/C20H20N4O4S/c1-2-28-20(27)17-23-18-16(12-7-3-4-8-13(12)29-18)19(26)24(17)11-15(25)22-14-9-5-6-10-21-14/h5-6,9-10H,2-4,7-8,11H2,1H3,(H,21,22,25). The van der Waals surface area contributed by atoms with Crippen molar-refractivity contribution in [1.29, 1.82) is 0 Å². The number of hydrogen-bond acceptors (Lipinski definition) is 7. The van der Waals surface area contributed by atoms with Gasteiger partial charge in [-0.1, -0.05) is 6.07 Å². The van der Waals surface area contributed by atoms with E-state index < -0.39 is 11.9 Å². The van der Waals surface area contributed by atoms with E-state index in [0.29, 0.717) is 16.0 Å². The minimum atomic E-state index is -0.719. The normalized spacial score (nSPS) is 13.1. The highest BCUT2D eigenvalue weighted by molar-refractivity contribution is 7.18. The maximum atomic E-state index is 13.3. The van der Waals surface area contributed by atoms with Crippen LogP contribution in [-0.4, -0.2) is 33.0 Å². The number of anilines is 1. The number of pyridine rings is 1. The van der Waals surface area contributed by atoms with Gasteiger partial charge in [0.2, 0.25) is 11.7 Å². The highest BCUT2D eigenvalue weighted by Crippen LogP contribution is 2.33. The van der Waals surface area contributed by atoms with Crippen LogP contribution < -0.4 is 10.9 Å². The van der Waals surface area contributed by atoms with Gasteiger partial charge in [-0.25, -0.2) is 14.8 Å². The molecule has 0 spiro atoms. The summed E-state index contributed by atoms with van der Waals surface area (Å²) in [5.74, 6) is -0.977. The summed E-state index contributed by atoms with van der Waals surface area (Å²) >= 11 is 1.45. The number of carbonyl (C=O) groups excluding carboxylic acids is 2. The molecule has 0 saturated carbocycles. The van der Waals surface area contributed by atoms with Crippen LogP contribution >= 0.6 is 11.3 Å². The van der Waals surface area contributed by atoms with E-state index >= 15 is 0 Å². The van der Waals surface area contributed by atoms with Crippen LogP contribution in [0.1, 0.15) is 40.8 Å². The Kier molecular flexibility index (Phi) is 5.39. The number of thiophene rings is 1. The molecule has 1 N–H and O–H groups in total. The molecule has 0 aliphatic heterocycles. The quantitative estimate of drug-likeness (QED) is 0.646. The molecule has 0 unspecified atom stereocenters. The molecule has 3 heterocycles. The Bertz CT molecular complexity index is 1140. The summed E-state index contributed by atoms with van der Waals surface area (Å²) < 4.78 is 6.19. The Morgan fingerprint density at radius 3 is 2.86 bits per heavy atom. The highest BCUT2D eigenvalue weighted by atomic mass is 32.1. The van der Waals surface area contributed by atoms with Crippen LogP contribution in [0.15, 0.2) is 29.2 Å². The summed E-state index contributed by atoms with van der Waals surface area (Å²) in [6.07, 6.45) is 5.36. The molecule has 150 valence electrons. The molecule has 0 atom stereocenters. The van der Waals surface area contributed by atoms with Crippen LogP contribution in [0.25, 0.3) is 10.2 Å². The Labute approximate surface area is 170 Å². The minimum absolute atomic E-state index is 0.147. The zero-order valence-corrected chi connectivity index (χ0v) is 16.8. The summed E-state index contributed by atoms with van der Waals surface area (Å²) in [5.41, 5.74) is 0.622. The van der Waals surface area contributed by atoms with Gasteiger partial charge in [0, 0.05) is 11.1 Å². The van der Waals surface area contributed by atoms with Gasteiger partial charge in [-0.15, -0.1) is 11.3 Å². The molecule has 0 fully saturated rings. The van der Waals surface area contributed by atoms with Crippen molar-refractivity contribution in [2.24, 2.45) is 0 Å². The number of nitrogens with one attached hydrogen (secondary N) is 1. The first-order valence-corrected chi connectivity index (χ1v) is 10.3. The molecule has 0 radical (unpaired) electrons.